The molecule has 0 aliphatic carbocycles. The molecule has 6 rings (SSSR count). The second-order valence-corrected chi connectivity index (χ2v) is 10.3. The monoisotopic (exact) mass is 476 g/mol. The summed E-state index contributed by atoms with van der Waals surface area (Å²) < 4.78 is 11.8. The Morgan fingerprint density at radius 2 is 1.89 bits per heavy atom. The van der Waals surface area contributed by atoms with Crippen molar-refractivity contribution in [2.45, 2.75) is 38.8 Å². The number of hydrogen-bond donors (Lipinski definition) is 0. The van der Waals surface area contributed by atoms with Gasteiger partial charge < -0.3 is 23.8 Å². The molecule has 0 saturated carbocycles. The smallest absolute Gasteiger partial charge is 0.292 e. The van der Waals surface area contributed by atoms with Crippen molar-refractivity contribution in [2.75, 3.05) is 51.9 Å². The maximum Gasteiger partial charge on any atom is 0.292 e. The van der Waals surface area contributed by atoms with E-state index in [4.69, 9.17) is 14.5 Å². The van der Waals surface area contributed by atoms with Crippen molar-refractivity contribution < 1.29 is 14.3 Å². The predicted octanol–water partition coefficient (Wildman–Crippen LogP) is 3.52. The molecule has 186 valence electrons. The predicted molar refractivity (Wildman–Crippen MR) is 138 cm³/mol. The number of aromatic nitrogens is 2. The maximum absolute atomic E-state index is 8.95. The molecule has 0 N–H and O–H groups in total. The zero-order valence-corrected chi connectivity index (χ0v) is 21.1. The third-order valence-electron chi connectivity index (χ3n) is 7.81. The van der Waals surface area contributed by atoms with Gasteiger partial charge in [0.15, 0.2) is 0 Å². The normalized spacial score (nSPS) is 20.4. The van der Waals surface area contributed by atoms with E-state index < -0.39 is 0 Å². The number of benzene rings is 2. The van der Waals surface area contributed by atoms with Crippen LogP contribution in [0.5, 0.6) is 0 Å². The van der Waals surface area contributed by atoms with Crippen molar-refractivity contribution in [3.05, 3.63) is 59.4 Å². The van der Waals surface area contributed by atoms with Gasteiger partial charge >= 0.3 is 0 Å². The number of fused-ring (bicyclic) bond motifs is 3. The molecule has 0 amide bonds. The first-order valence-electron chi connectivity index (χ1n) is 12.6. The number of ether oxygens (including phenoxy) is 2. The minimum atomic E-state index is 0.375. The van der Waals surface area contributed by atoms with Crippen LogP contribution < -0.4 is 4.90 Å². The number of likely N-dealkylation sites (tertiary alicyclic amines) is 1. The molecular formula is C28H36N4O3. The molecule has 0 bridgehead atoms. The van der Waals surface area contributed by atoms with Crippen LogP contribution in [0.2, 0.25) is 0 Å². The number of carbonyl (C=O) groups is 1. The van der Waals surface area contributed by atoms with Gasteiger partial charge in [0.1, 0.15) is 5.82 Å². The van der Waals surface area contributed by atoms with E-state index in [1.807, 2.05) is 0 Å². The van der Waals surface area contributed by atoms with Crippen LogP contribution in [0.25, 0.3) is 11.0 Å². The van der Waals surface area contributed by atoms with Crippen LogP contribution in [0, 0.1) is 5.41 Å². The zero-order chi connectivity index (χ0) is 24.4. The number of nitrogens with zero attached hydrogens (tertiary/aromatic N) is 4. The van der Waals surface area contributed by atoms with E-state index in [1.165, 1.54) is 60.3 Å². The molecule has 0 radical (unpaired) electrons. The van der Waals surface area contributed by atoms with E-state index in [1.54, 1.807) is 0 Å². The number of imidazole rings is 1. The fourth-order valence-corrected chi connectivity index (χ4v) is 5.68. The Labute approximate surface area is 207 Å². The lowest BCUT2D eigenvalue weighted by Gasteiger charge is -2.55. The van der Waals surface area contributed by atoms with Gasteiger partial charge in [0, 0.05) is 62.4 Å². The molecule has 2 aromatic carbocycles. The Kier molecular flexibility index (Phi) is 6.80. The lowest BCUT2D eigenvalue weighted by atomic mass is 9.78. The Bertz CT molecular complexity index is 1160. The average molecular weight is 477 g/mol. The molecule has 35 heavy (non-hydrogen) atoms. The van der Waals surface area contributed by atoms with Gasteiger partial charge in [-0.25, -0.2) is 4.98 Å². The zero-order valence-electron chi connectivity index (χ0n) is 21.1. The van der Waals surface area contributed by atoms with Gasteiger partial charge in [-0.1, -0.05) is 30.3 Å². The molecule has 3 aliphatic heterocycles. The van der Waals surface area contributed by atoms with Crippen LogP contribution in [0.3, 0.4) is 0 Å². The highest BCUT2D eigenvalue weighted by atomic mass is 16.5. The lowest BCUT2D eigenvalue weighted by molar-refractivity contribution is -0.189. The van der Waals surface area contributed by atoms with Crippen LogP contribution >= 0.6 is 0 Å². The van der Waals surface area contributed by atoms with Crippen LogP contribution in [0.1, 0.15) is 30.3 Å². The summed E-state index contributed by atoms with van der Waals surface area (Å²) in [7, 11) is 3.53. The van der Waals surface area contributed by atoms with Gasteiger partial charge in [-0.2, -0.15) is 0 Å². The van der Waals surface area contributed by atoms with E-state index in [0.717, 1.165) is 39.1 Å². The highest BCUT2D eigenvalue weighted by Crippen LogP contribution is 2.38. The van der Waals surface area contributed by atoms with E-state index in [9.17, 15) is 0 Å². The first-order chi connectivity index (χ1) is 17.0. The van der Waals surface area contributed by atoms with Crippen LogP contribution in [0.15, 0.2) is 42.5 Å². The number of aryl methyl sites for hydroxylation is 1. The Hall–Kier alpha value is -2.90. The summed E-state index contributed by atoms with van der Waals surface area (Å²) in [6.45, 7) is 9.06. The fourth-order valence-electron chi connectivity index (χ4n) is 5.68. The molecular weight excluding hydrogens is 440 g/mol. The lowest BCUT2D eigenvalue weighted by Crippen LogP contribution is -2.66. The summed E-state index contributed by atoms with van der Waals surface area (Å²) in [4.78, 5) is 19.2. The highest BCUT2D eigenvalue weighted by Gasteiger charge is 2.48. The minimum absolute atomic E-state index is 0.375. The van der Waals surface area contributed by atoms with Gasteiger partial charge in [-0.05, 0) is 37.5 Å². The molecule has 2 saturated heterocycles. The van der Waals surface area contributed by atoms with Gasteiger partial charge in [0.05, 0.1) is 31.4 Å². The van der Waals surface area contributed by atoms with Crippen molar-refractivity contribution in [1.82, 2.24) is 14.5 Å². The standard InChI is InChI=1S/C26H32N4O.C2H4O2/c1-19-8-9-21-22(28(19)2)10-11-23-25(21)27-24(14-20-6-4-3-5-7-20)30(23)13-12-29-15-26(16-29)17-31-18-26;1-4-2-3/h3-7,10-11,19H,8-9,12-18H2,1-2H3;2H,1H3. The number of methoxy groups -OCH3 is 1. The second-order valence-electron chi connectivity index (χ2n) is 10.3. The molecule has 1 spiro atoms. The molecule has 7 heteroatoms. The van der Waals surface area contributed by atoms with Gasteiger partial charge in [0.2, 0.25) is 0 Å². The molecule has 3 aliphatic rings. The number of rotatable bonds is 6. The van der Waals surface area contributed by atoms with Gasteiger partial charge in [-0.3, -0.25) is 4.79 Å². The van der Waals surface area contributed by atoms with Crippen molar-refractivity contribution >= 4 is 23.2 Å². The molecule has 1 atom stereocenters. The number of carbonyl (C=O) groups excluding carboxylic acids is 1. The van der Waals surface area contributed by atoms with E-state index >= 15 is 0 Å². The van der Waals surface area contributed by atoms with Crippen molar-refractivity contribution in [1.29, 1.82) is 0 Å². The summed E-state index contributed by atoms with van der Waals surface area (Å²) in [6.07, 6.45) is 3.20. The first-order valence-corrected chi connectivity index (χ1v) is 12.6. The highest BCUT2D eigenvalue weighted by molar-refractivity contribution is 5.86. The average Bonchev–Trinajstić information content (AvgIpc) is 3.17. The molecule has 3 aromatic rings. The summed E-state index contributed by atoms with van der Waals surface area (Å²) in [5, 5.41) is 0. The second kappa shape index (κ2) is 9.99. The van der Waals surface area contributed by atoms with Crippen LogP contribution in [-0.2, 0) is 33.7 Å². The Morgan fingerprint density at radius 3 is 2.54 bits per heavy atom. The maximum atomic E-state index is 8.95. The first kappa shape index (κ1) is 23.8. The van der Waals surface area contributed by atoms with Crippen LogP contribution in [0.4, 0.5) is 5.69 Å². The summed E-state index contributed by atoms with van der Waals surface area (Å²) in [5.74, 6) is 1.19. The molecule has 7 nitrogen and oxygen atoms in total. The number of anilines is 1. The van der Waals surface area contributed by atoms with Crippen LogP contribution in [-0.4, -0.2) is 74.0 Å². The van der Waals surface area contributed by atoms with Crippen molar-refractivity contribution in [3.8, 4) is 0 Å². The summed E-state index contributed by atoms with van der Waals surface area (Å²) >= 11 is 0. The molecule has 1 aromatic heterocycles. The third kappa shape index (κ3) is 4.67. The van der Waals surface area contributed by atoms with E-state index in [0.29, 0.717) is 17.9 Å². The Morgan fingerprint density at radius 1 is 1.14 bits per heavy atom. The third-order valence-corrected chi connectivity index (χ3v) is 7.81. The van der Waals surface area contributed by atoms with E-state index in [2.05, 4.69) is 75.5 Å². The van der Waals surface area contributed by atoms with Gasteiger partial charge in [-0.15, -0.1) is 0 Å². The topological polar surface area (TPSA) is 59.8 Å². The Balaban J connectivity index is 0.000000591. The fraction of sp³-hybridized carbons (Fsp3) is 0.500. The quantitative estimate of drug-likeness (QED) is 0.508. The van der Waals surface area contributed by atoms with E-state index in [-0.39, 0.29) is 0 Å². The van der Waals surface area contributed by atoms with Gasteiger partial charge in [0.25, 0.3) is 6.47 Å². The molecule has 4 heterocycles. The summed E-state index contributed by atoms with van der Waals surface area (Å²) in [5.41, 5.74) is 7.11. The molecule has 1 unspecified atom stereocenters. The van der Waals surface area contributed by atoms with Crippen molar-refractivity contribution in [3.63, 3.8) is 0 Å². The summed E-state index contributed by atoms with van der Waals surface area (Å²) in [6, 6.07) is 16.0. The van der Waals surface area contributed by atoms with Crippen molar-refractivity contribution in [2.24, 2.45) is 5.41 Å². The SMILES string of the molecule is CC1CCc2c(ccc3c2nc(Cc2ccccc2)n3CCN2CC3(COC3)C2)N1C.COC=O. The molecule has 2 fully saturated rings. The largest absolute Gasteiger partial charge is 0.471 e. The number of hydrogen-bond acceptors (Lipinski definition) is 6. The minimum Gasteiger partial charge on any atom is -0.471 e.